The van der Waals surface area contributed by atoms with E-state index in [-0.39, 0.29) is 12.4 Å². The van der Waals surface area contributed by atoms with Gasteiger partial charge in [0.25, 0.3) is 0 Å². The maximum Gasteiger partial charge on any atom is 0.309 e. The van der Waals surface area contributed by atoms with Crippen molar-refractivity contribution in [2.24, 2.45) is 0 Å². The Bertz CT molecular complexity index is 468. The molecule has 3 N–H and O–H groups in total. The van der Waals surface area contributed by atoms with Gasteiger partial charge in [0.05, 0.1) is 13.5 Å². The van der Waals surface area contributed by atoms with Gasteiger partial charge in [0, 0.05) is 37.6 Å². The lowest BCUT2D eigenvalue weighted by molar-refractivity contribution is -0.139. The molecule has 1 heterocycles. The number of anilines is 2. The molecular weight excluding hydrogens is 242 g/mol. The van der Waals surface area contributed by atoms with Crippen LogP contribution in [0, 0.1) is 6.92 Å². The van der Waals surface area contributed by atoms with Crippen LogP contribution in [0.1, 0.15) is 11.1 Å². The molecule has 5 nitrogen and oxygen atoms in total. The Morgan fingerprint density at radius 1 is 1.42 bits per heavy atom. The number of nitrogen functional groups attached to an aromatic ring is 1. The van der Waals surface area contributed by atoms with E-state index in [1.807, 2.05) is 19.1 Å². The van der Waals surface area contributed by atoms with Gasteiger partial charge in [0.2, 0.25) is 0 Å². The molecule has 1 aliphatic heterocycles. The van der Waals surface area contributed by atoms with E-state index in [4.69, 9.17) is 10.5 Å². The molecule has 2 rings (SSSR count). The number of hydrogen-bond acceptors (Lipinski definition) is 5. The number of piperazine rings is 1. The van der Waals surface area contributed by atoms with Crippen LogP contribution in [-0.4, -0.2) is 39.3 Å². The molecule has 0 aliphatic carbocycles. The molecule has 19 heavy (non-hydrogen) atoms. The summed E-state index contributed by atoms with van der Waals surface area (Å²) in [5.74, 6) is -0.236. The molecule has 0 bridgehead atoms. The zero-order valence-electron chi connectivity index (χ0n) is 11.5. The quantitative estimate of drug-likeness (QED) is 0.621. The molecule has 5 heteroatoms. The number of hydrogen-bond donors (Lipinski definition) is 2. The maximum atomic E-state index is 11.4. The predicted octanol–water partition coefficient (Wildman–Crippen LogP) is 0.702. The minimum Gasteiger partial charge on any atom is -0.469 e. The molecule has 0 radical (unpaired) electrons. The van der Waals surface area contributed by atoms with Crippen LogP contribution >= 0.6 is 0 Å². The first-order chi connectivity index (χ1) is 9.11. The van der Waals surface area contributed by atoms with E-state index in [9.17, 15) is 4.79 Å². The molecular formula is C14H21N3O2. The summed E-state index contributed by atoms with van der Waals surface area (Å²) in [7, 11) is 1.40. The number of carbonyl (C=O) groups excluding carboxylic acids is 1. The largest absolute Gasteiger partial charge is 0.469 e. The fourth-order valence-corrected chi connectivity index (χ4v) is 2.43. The van der Waals surface area contributed by atoms with Crippen molar-refractivity contribution in [2.75, 3.05) is 43.9 Å². The SMILES string of the molecule is COC(=O)Cc1cc(N)cc(N2CCNCC2)c1C. The number of rotatable bonds is 3. The molecule has 0 unspecified atom stereocenters. The lowest BCUT2D eigenvalue weighted by atomic mass is 10.0. The number of ether oxygens (including phenoxy) is 1. The third-order valence-corrected chi connectivity index (χ3v) is 3.53. The zero-order valence-corrected chi connectivity index (χ0v) is 11.5. The minimum absolute atomic E-state index is 0.236. The third kappa shape index (κ3) is 3.17. The number of esters is 1. The van der Waals surface area contributed by atoms with Crippen molar-refractivity contribution in [3.8, 4) is 0 Å². The average molecular weight is 263 g/mol. The number of nitrogens with two attached hydrogens (primary N) is 1. The van der Waals surface area contributed by atoms with Gasteiger partial charge >= 0.3 is 5.97 Å². The Hall–Kier alpha value is -1.75. The van der Waals surface area contributed by atoms with Crippen molar-refractivity contribution in [3.63, 3.8) is 0 Å². The Labute approximate surface area is 113 Å². The van der Waals surface area contributed by atoms with Gasteiger partial charge in [-0.25, -0.2) is 0 Å². The number of benzene rings is 1. The topological polar surface area (TPSA) is 67.6 Å². The molecule has 0 saturated carbocycles. The summed E-state index contributed by atoms with van der Waals surface area (Å²) in [6.45, 7) is 5.90. The number of nitrogens with one attached hydrogen (secondary N) is 1. The van der Waals surface area contributed by atoms with Gasteiger partial charge in [-0.05, 0) is 30.2 Å². The fourth-order valence-electron chi connectivity index (χ4n) is 2.43. The Balaban J connectivity index is 2.30. The maximum absolute atomic E-state index is 11.4. The van der Waals surface area contributed by atoms with Crippen molar-refractivity contribution < 1.29 is 9.53 Å². The Morgan fingerprint density at radius 2 is 2.11 bits per heavy atom. The Morgan fingerprint density at radius 3 is 2.74 bits per heavy atom. The molecule has 0 amide bonds. The molecule has 1 aromatic rings. The van der Waals surface area contributed by atoms with Gasteiger partial charge in [-0.2, -0.15) is 0 Å². The molecule has 0 spiro atoms. The van der Waals surface area contributed by atoms with E-state index in [0.717, 1.165) is 43.0 Å². The van der Waals surface area contributed by atoms with Gasteiger partial charge in [0.15, 0.2) is 0 Å². The van der Waals surface area contributed by atoms with Crippen molar-refractivity contribution in [1.82, 2.24) is 5.32 Å². The molecule has 1 aliphatic rings. The molecule has 0 aromatic heterocycles. The van der Waals surface area contributed by atoms with E-state index in [1.165, 1.54) is 7.11 Å². The fraction of sp³-hybridized carbons (Fsp3) is 0.500. The molecule has 1 aromatic carbocycles. The summed E-state index contributed by atoms with van der Waals surface area (Å²) in [5.41, 5.74) is 9.83. The van der Waals surface area contributed by atoms with Gasteiger partial charge in [0.1, 0.15) is 0 Å². The van der Waals surface area contributed by atoms with E-state index < -0.39 is 0 Å². The van der Waals surface area contributed by atoms with Crippen LogP contribution in [0.15, 0.2) is 12.1 Å². The standard InChI is InChI=1S/C14H21N3O2/c1-10-11(8-14(18)19-2)7-12(15)9-13(10)17-5-3-16-4-6-17/h7,9,16H,3-6,8,15H2,1-2H3. The van der Waals surface area contributed by atoms with E-state index in [0.29, 0.717) is 5.69 Å². The zero-order chi connectivity index (χ0) is 13.8. The van der Waals surface area contributed by atoms with Crippen LogP contribution in [0.3, 0.4) is 0 Å². The summed E-state index contributed by atoms with van der Waals surface area (Å²) < 4.78 is 4.73. The highest BCUT2D eigenvalue weighted by Gasteiger charge is 2.16. The summed E-state index contributed by atoms with van der Waals surface area (Å²) in [5, 5.41) is 3.33. The van der Waals surface area contributed by atoms with Crippen LogP contribution in [0.2, 0.25) is 0 Å². The van der Waals surface area contributed by atoms with Gasteiger partial charge in [-0.3, -0.25) is 4.79 Å². The van der Waals surface area contributed by atoms with E-state index in [1.54, 1.807) is 0 Å². The monoisotopic (exact) mass is 263 g/mol. The van der Waals surface area contributed by atoms with Crippen LogP contribution in [-0.2, 0) is 16.0 Å². The summed E-state index contributed by atoms with van der Waals surface area (Å²) in [6, 6.07) is 3.85. The Kier molecular flexibility index (Phi) is 4.27. The first-order valence-electron chi connectivity index (χ1n) is 6.53. The van der Waals surface area contributed by atoms with Gasteiger partial charge in [-0.1, -0.05) is 0 Å². The van der Waals surface area contributed by atoms with Crippen molar-refractivity contribution in [2.45, 2.75) is 13.3 Å². The van der Waals surface area contributed by atoms with Crippen molar-refractivity contribution >= 4 is 17.3 Å². The lowest BCUT2D eigenvalue weighted by Gasteiger charge is -2.31. The number of methoxy groups -OCH3 is 1. The van der Waals surface area contributed by atoms with Crippen LogP contribution < -0.4 is 16.0 Å². The summed E-state index contributed by atoms with van der Waals surface area (Å²) in [4.78, 5) is 13.8. The molecule has 1 fully saturated rings. The third-order valence-electron chi connectivity index (χ3n) is 3.53. The second kappa shape index (κ2) is 5.93. The highest BCUT2D eigenvalue weighted by atomic mass is 16.5. The van der Waals surface area contributed by atoms with E-state index >= 15 is 0 Å². The summed E-state index contributed by atoms with van der Waals surface area (Å²) >= 11 is 0. The number of carbonyl (C=O) groups is 1. The van der Waals surface area contributed by atoms with E-state index in [2.05, 4.69) is 10.2 Å². The lowest BCUT2D eigenvalue weighted by Crippen LogP contribution is -2.43. The first-order valence-corrected chi connectivity index (χ1v) is 6.53. The first kappa shape index (κ1) is 13.7. The van der Waals surface area contributed by atoms with Crippen molar-refractivity contribution in [3.05, 3.63) is 23.3 Å². The highest BCUT2D eigenvalue weighted by Crippen LogP contribution is 2.27. The van der Waals surface area contributed by atoms with Crippen molar-refractivity contribution in [1.29, 1.82) is 0 Å². The highest BCUT2D eigenvalue weighted by molar-refractivity contribution is 5.75. The normalized spacial score (nSPS) is 15.4. The van der Waals surface area contributed by atoms with Gasteiger partial charge < -0.3 is 20.7 Å². The second-order valence-corrected chi connectivity index (χ2v) is 4.81. The number of nitrogens with zero attached hydrogens (tertiary/aromatic N) is 1. The minimum atomic E-state index is -0.236. The second-order valence-electron chi connectivity index (χ2n) is 4.81. The molecule has 1 saturated heterocycles. The van der Waals surface area contributed by atoms with Crippen LogP contribution in [0.25, 0.3) is 0 Å². The molecule has 0 atom stereocenters. The molecule has 104 valence electrons. The summed E-state index contributed by atoms with van der Waals surface area (Å²) in [6.07, 6.45) is 0.270. The predicted molar refractivity (Wildman–Crippen MR) is 76.4 cm³/mol. The average Bonchev–Trinajstić information content (AvgIpc) is 2.43. The van der Waals surface area contributed by atoms with Crippen LogP contribution in [0.4, 0.5) is 11.4 Å². The van der Waals surface area contributed by atoms with Gasteiger partial charge in [-0.15, -0.1) is 0 Å². The van der Waals surface area contributed by atoms with Crippen LogP contribution in [0.5, 0.6) is 0 Å². The smallest absolute Gasteiger partial charge is 0.309 e.